The van der Waals surface area contributed by atoms with E-state index in [0.29, 0.717) is 5.39 Å². The van der Waals surface area contributed by atoms with Crippen molar-refractivity contribution >= 4 is 16.7 Å². The van der Waals surface area contributed by atoms with Crippen LogP contribution in [0.5, 0.6) is 5.75 Å². The zero-order chi connectivity index (χ0) is 17.9. The van der Waals surface area contributed by atoms with E-state index in [9.17, 15) is 15.0 Å². The van der Waals surface area contributed by atoms with Crippen molar-refractivity contribution in [2.45, 2.75) is 18.9 Å². The molecule has 0 saturated heterocycles. The third-order valence-corrected chi connectivity index (χ3v) is 4.24. The van der Waals surface area contributed by atoms with Crippen molar-refractivity contribution < 1.29 is 19.7 Å². The van der Waals surface area contributed by atoms with E-state index in [1.54, 1.807) is 25.1 Å². The van der Waals surface area contributed by atoms with Crippen LogP contribution in [-0.2, 0) is 21.6 Å². The maximum absolute atomic E-state index is 12.7. The molecule has 1 unspecified atom stereocenters. The Morgan fingerprint density at radius 2 is 1.68 bits per heavy atom. The van der Waals surface area contributed by atoms with Crippen LogP contribution in [0.4, 0.5) is 0 Å². The number of hydrogen-bond acceptors (Lipinski definition) is 4. The maximum Gasteiger partial charge on any atom is 0.343 e. The van der Waals surface area contributed by atoms with Gasteiger partial charge in [-0.1, -0.05) is 60.7 Å². The molecular formula is C21H20O4. The van der Waals surface area contributed by atoms with E-state index in [0.717, 1.165) is 10.9 Å². The van der Waals surface area contributed by atoms with E-state index in [-0.39, 0.29) is 24.3 Å². The molecule has 0 aliphatic carbocycles. The van der Waals surface area contributed by atoms with Crippen LogP contribution in [0.25, 0.3) is 10.8 Å². The van der Waals surface area contributed by atoms with Gasteiger partial charge in [0.1, 0.15) is 5.75 Å². The first kappa shape index (κ1) is 17.0. The Morgan fingerprint density at radius 1 is 1.00 bits per heavy atom. The van der Waals surface area contributed by atoms with Crippen molar-refractivity contribution in [2.75, 3.05) is 6.61 Å². The highest BCUT2D eigenvalue weighted by Crippen LogP contribution is 2.39. The number of hydrogen-bond donors (Lipinski definition) is 2. The molecule has 0 aliphatic heterocycles. The Labute approximate surface area is 146 Å². The predicted octanol–water partition coefficient (Wildman–Crippen LogP) is 3.54. The number of fused-ring (bicyclic) bond motifs is 1. The lowest BCUT2D eigenvalue weighted by Crippen LogP contribution is -2.40. The minimum absolute atomic E-state index is 0.00818. The SMILES string of the molecule is CCOC(=O)C(O)(Cc1ccccc1)c1c(O)ccc2ccccc12. The second-order valence-electron chi connectivity index (χ2n) is 5.92. The molecule has 3 aromatic carbocycles. The van der Waals surface area contributed by atoms with Crippen molar-refractivity contribution in [1.29, 1.82) is 0 Å². The molecule has 0 aliphatic rings. The smallest absolute Gasteiger partial charge is 0.343 e. The van der Waals surface area contributed by atoms with Crippen molar-refractivity contribution in [2.24, 2.45) is 0 Å². The molecule has 0 radical (unpaired) electrons. The molecule has 0 spiro atoms. The number of phenols is 1. The van der Waals surface area contributed by atoms with Gasteiger partial charge >= 0.3 is 5.97 Å². The highest BCUT2D eigenvalue weighted by molar-refractivity contribution is 5.94. The Morgan fingerprint density at radius 3 is 2.40 bits per heavy atom. The number of aliphatic hydroxyl groups is 1. The minimum atomic E-state index is -1.98. The van der Waals surface area contributed by atoms with E-state index in [1.165, 1.54) is 6.07 Å². The number of ether oxygens (including phenoxy) is 1. The molecule has 0 fully saturated rings. The Hall–Kier alpha value is -2.85. The molecule has 0 aromatic heterocycles. The number of esters is 1. The summed E-state index contributed by atoms with van der Waals surface area (Å²) in [5.74, 6) is -0.907. The summed E-state index contributed by atoms with van der Waals surface area (Å²) in [5, 5.41) is 23.3. The number of aromatic hydroxyl groups is 1. The molecule has 0 heterocycles. The summed E-state index contributed by atoms with van der Waals surface area (Å²) in [6.45, 7) is 1.82. The fraction of sp³-hybridized carbons (Fsp3) is 0.190. The van der Waals surface area contributed by atoms with Crippen LogP contribution in [0, 0.1) is 0 Å². The van der Waals surface area contributed by atoms with Gasteiger partial charge in [-0.05, 0) is 29.3 Å². The van der Waals surface area contributed by atoms with Crippen LogP contribution in [-0.4, -0.2) is 22.8 Å². The molecule has 25 heavy (non-hydrogen) atoms. The van der Waals surface area contributed by atoms with Crippen LogP contribution in [0.3, 0.4) is 0 Å². The van der Waals surface area contributed by atoms with Gasteiger partial charge in [-0.2, -0.15) is 0 Å². The van der Waals surface area contributed by atoms with Crippen molar-refractivity contribution in [3.8, 4) is 5.75 Å². The van der Waals surface area contributed by atoms with Crippen LogP contribution in [0.2, 0.25) is 0 Å². The summed E-state index contributed by atoms with van der Waals surface area (Å²) in [6, 6.07) is 19.7. The summed E-state index contributed by atoms with van der Waals surface area (Å²) in [7, 11) is 0. The highest BCUT2D eigenvalue weighted by atomic mass is 16.5. The fourth-order valence-corrected chi connectivity index (χ4v) is 3.10. The molecule has 4 nitrogen and oxygen atoms in total. The molecule has 0 bridgehead atoms. The van der Waals surface area contributed by atoms with Crippen molar-refractivity contribution in [3.05, 3.63) is 77.9 Å². The molecule has 128 valence electrons. The standard InChI is InChI=1S/C21H20O4/c1-2-25-20(23)21(24,14-15-8-4-3-5-9-15)19-17-11-7-6-10-16(17)12-13-18(19)22/h3-13,22,24H,2,14H2,1H3. The van der Waals surface area contributed by atoms with E-state index >= 15 is 0 Å². The molecular weight excluding hydrogens is 316 g/mol. The second kappa shape index (κ2) is 6.95. The quantitative estimate of drug-likeness (QED) is 0.700. The Bertz CT molecular complexity index is 889. The average Bonchev–Trinajstić information content (AvgIpc) is 2.62. The topological polar surface area (TPSA) is 66.8 Å². The van der Waals surface area contributed by atoms with Crippen LogP contribution >= 0.6 is 0 Å². The van der Waals surface area contributed by atoms with Gasteiger partial charge in [0.2, 0.25) is 0 Å². The Kier molecular flexibility index (Phi) is 4.72. The molecule has 0 saturated carbocycles. The maximum atomic E-state index is 12.7. The first-order chi connectivity index (χ1) is 12.1. The molecule has 2 N–H and O–H groups in total. The summed E-state index contributed by atoms with van der Waals surface area (Å²) in [4.78, 5) is 12.7. The minimum Gasteiger partial charge on any atom is -0.508 e. The van der Waals surface area contributed by atoms with Crippen molar-refractivity contribution in [3.63, 3.8) is 0 Å². The summed E-state index contributed by atoms with van der Waals surface area (Å²) >= 11 is 0. The summed E-state index contributed by atoms with van der Waals surface area (Å²) in [5.41, 5.74) is -1.04. The Balaban J connectivity index is 2.21. The van der Waals surface area contributed by atoms with Crippen LogP contribution < -0.4 is 0 Å². The van der Waals surface area contributed by atoms with Gasteiger partial charge in [-0.3, -0.25) is 0 Å². The van der Waals surface area contributed by atoms with E-state index < -0.39 is 11.6 Å². The first-order valence-corrected chi connectivity index (χ1v) is 8.21. The van der Waals surface area contributed by atoms with Crippen molar-refractivity contribution in [1.82, 2.24) is 0 Å². The largest absolute Gasteiger partial charge is 0.508 e. The molecule has 3 aromatic rings. The number of benzene rings is 3. The van der Waals surface area contributed by atoms with Gasteiger partial charge in [0.15, 0.2) is 5.60 Å². The zero-order valence-electron chi connectivity index (χ0n) is 14.0. The molecule has 3 rings (SSSR count). The normalized spacial score (nSPS) is 13.4. The summed E-state index contributed by atoms with van der Waals surface area (Å²) in [6.07, 6.45) is 0.00818. The second-order valence-corrected chi connectivity index (χ2v) is 5.92. The van der Waals surface area contributed by atoms with Gasteiger partial charge in [-0.25, -0.2) is 4.79 Å². The monoisotopic (exact) mass is 336 g/mol. The summed E-state index contributed by atoms with van der Waals surface area (Å²) < 4.78 is 5.14. The predicted molar refractivity (Wildman–Crippen MR) is 96.3 cm³/mol. The third kappa shape index (κ3) is 3.21. The molecule has 1 atom stereocenters. The van der Waals surface area contributed by atoms with Gasteiger partial charge < -0.3 is 14.9 Å². The van der Waals surface area contributed by atoms with E-state index in [1.807, 2.05) is 42.5 Å². The van der Waals surface area contributed by atoms with Gasteiger partial charge in [-0.15, -0.1) is 0 Å². The lowest BCUT2D eigenvalue weighted by Gasteiger charge is -2.28. The number of rotatable bonds is 5. The number of carbonyl (C=O) groups excluding carboxylic acids is 1. The number of phenolic OH excluding ortho intramolecular Hbond substituents is 1. The first-order valence-electron chi connectivity index (χ1n) is 8.21. The van der Waals surface area contributed by atoms with E-state index in [4.69, 9.17) is 4.74 Å². The molecule has 0 amide bonds. The highest BCUT2D eigenvalue weighted by Gasteiger charge is 2.43. The van der Waals surface area contributed by atoms with Gasteiger partial charge in [0, 0.05) is 12.0 Å². The number of carbonyl (C=O) groups is 1. The fourth-order valence-electron chi connectivity index (χ4n) is 3.10. The lowest BCUT2D eigenvalue weighted by molar-refractivity contribution is -0.166. The third-order valence-electron chi connectivity index (χ3n) is 4.24. The zero-order valence-corrected chi connectivity index (χ0v) is 14.0. The lowest BCUT2D eigenvalue weighted by atomic mass is 9.83. The van der Waals surface area contributed by atoms with Crippen LogP contribution in [0.1, 0.15) is 18.1 Å². The van der Waals surface area contributed by atoms with E-state index in [2.05, 4.69) is 0 Å². The molecule has 4 heteroatoms. The van der Waals surface area contributed by atoms with Crippen LogP contribution in [0.15, 0.2) is 66.7 Å². The average molecular weight is 336 g/mol. The van der Waals surface area contributed by atoms with Gasteiger partial charge in [0.25, 0.3) is 0 Å². The van der Waals surface area contributed by atoms with Gasteiger partial charge in [0.05, 0.1) is 6.61 Å².